The number of rotatable bonds is 2. The average molecular weight is 357 g/mol. The lowest BCUT2D eigenvalue weighted by molar-refractivity contribution is -0.140. The second-order valence-electron chi connectivity index (χ2n) is 6.09. The van der Waals surface area contributed by atoms with Crippen molar-refractivity contribution in [2.24, 2.45) is 10.1 Å². The first-order valence-corrected chi connectivity index (χ1v) is 7.95. The number of nitrogens with zero attached hydrogens (tertiary/aromatic N) is 4. The van der Waals surface area contributed by atoms with Crippen LogP contribution in [0.3, 0.4) is 0 Å². The number of fused-ring (bicyclic) bond motifs is 1. The number of hydrogen-bond donors (Lipinski definition) is 1. The summed E-state index contributed by atoms with van der Waals surface area (Å²) in [6.45, 7) is 4.86. The molecule has 1 fully saturated rings. The Kier molecular flexibility index (Phi) is 4.44. The number of hydrazone groups is 1. The molecule has 1 saturated heterocycles. The number of alkyl halides is 3. The fraction of sp³-hybridized carbons (Fsp3) is 0.500. The molecule has 25 heavy (non-hydrogen) atoms. The van der Waals surface area contributed by atoms with Gasteiger partial charge in [-0.15, -0.1) is 0 Å². The van der Waals surface area contributed by atoms with Crippen LogP contribution in [-0.2, 0) is 6.18 Å². The van der Waals surface area contributed by atoms with Gasteiger partial charge in [0, 0.05) is 37.0 Å². The van der Waals surface area contributed by atoms with Crippen LogP contribution in [0, 0.1) is 5.82 Å². The first-order chi connectivity index (χ1) is 11.8. The van der Waals surface area contributed by atoms with Gasteiger partial charge >= 0.3 is 6.18 Å². The van der Waals surface area contributed by atoms with Gasteiger partial charge in [-0.3, -0.25) is 0 Å². The van der Waals surface area contributed by atoms with Gasteiger partial charge in [0.2, 0.25) is 5.96 Å². The largest absolute Gasteiger partial charge is 0.419 e. The van der Waals surface area contributed by atoms with Crippen molar-refractivity contribution in [3.05, 3.63) is 29.1 Å². The van der Waals surface area contributed by atoms with E-state index in [1.54, 1.807) is 25.1 Å². The third-order valence-electron chi connectivity index (χ3n) is 4.48. The van der Waals surface area contributed by atoms with Crippen molar-refractivity contribution >= 4 is 17.9 Å². The highest BCUT2D eigenvalue weighted by molar-refractivity contribution is 5.87. The number of nitrogens with one attached hydrogen (secondary N) is 1. The highest BCUT2D eigenvalue weighted by atomic mass is 19.4. The molecule has 1 N–H and O–H groups in total. The van der Waals surface area contributed by atoms with E-state index in [4.69, 9.17) is 0 Å². The molecule has 2 aliphatic heterocycles. The summed E-state index contributed by atoms with van der Waals surface area (Å²) in [5, 5.41) is 8.97. The van der Waals surface area contributed by atoms with Crippen molar-refractivity contribution in [2.75, 3.05) is 20.1 Å². The van der Waals surface area contributed by atoms with Crippen molar-refractivity contribution in [2.45, 2.75) is 32.1 Å². The maximum atomic E-state index is 13.9. The Morgan fingerprint density at radius 1 is 1.32 bits per heavy atom. The minimum Gasteiger partial charge on any atom is -0.338 e. The Hall–Kier alpha value is -2.16. The standard InChI is InChI=1S/C16H19F4N5/c1-4-22-25-9(2)11-5-12(16(18,19)20)13(17)6-14(11)23-15(25)24-7-10(8-24)21-3/h4-6,9-10,21H,7-8H2,1-3H3/b22-4-. The maximum Gasteiger partial charge on any atom is 0.419 e. The van der Waals surface area contributed by atoms with E-state index in [0.717, 1.165) is 12.1 Å². The predicted molar refractivity (Wildman–Crippen MR) is 87.3 cm³/mol. The topological polar surface area (TPSA) is 43.2 Å². The van der Waals surface area contributed by atoms with Gasteiger partial charge < -0.3 is 10.2 Å². The molecule has 0 amide bonds. The molecule has 0 aromatic heterocycles. The highest BCUT2D eigenvalue weighted by Gasteiger charge is 2.39. The van der Waals surface area contributed by atoms with Crippen LogP contribution >= 0.6 is 0 Å². The fourth-order valence-electron chi connectivity index (χ4n) is 3.01. The predicted octanol–water partition coefficient (Wildman–Crippen LogP) is 3.12. The van der Waals surface area contributed by atoms with Crippen LogP contribution in [0.1, 0.15) is 31.0 Å². The monoisotopic (exact) mass is 357 g/mol. The third-order valence-corrected chi connectivity index (χ3v) is 4.48. The van der Waals surface area contributed by atoms with Crippen molar-refractivity contribution in [1.82, 2.24) is 15.2 Å². The van der Waals surface area contributed by atoms with Crippen LogP contribution in [0.5, 0.6) is 0 Å². The van der Waals surface area contributed by atoms with Gasteiger partial charge in [0.25, 0.3) is 0 Å². The van der Waals surface area contributed by atoms with Gasteiger partial charge in [0.15, 0.2) is 0 Å². The summed E-state index contributed by atoms with van der Waals surface area (Å²) in [7, 11) is 1.86. The number of guanidine groups is 1. The van der Waals surface area contributed by atoms with Crippen molar-refractivity contribution in [1.29, 1.82) is 0 Å². The Balaban J connectivity index is 2.05. The van der Waals surface area contributed by atoms with Crippen molar-refractivity contribution in [3.63, 3.8) is 0 Å². The Morgan fingerprint density at radius 3 is 2.56 bits per heavy atom. The second kappa shape index (κ2) is 6.29. The zero-order valence-corrected chi connectivity index (χ0v) is 14.1. The van der Waals surface area contributed by atoms with E-state index >= 15 is 0 Å². The summed E-state index contributed by atoms with van der Waals surface area (Å²) in [4.78, 5) is 6.35. The molecule has 0 spiro atoms. The third kappa shape index (κ3) is 3.08. The molecule has 136 valence electrons. The zero-order chi connectivity index (χ0) is 18.4. The van der Waals surface area contributed by atoms with Crippen LogP contribution in [0.4, 0.5) is 23.2 Å². The van der Waals surface area contributed by atoms with E-state index in [1.165, 1.54) is 0 Å². The molecule has 0 bridgehead atoms. The first-order valence-electron chi connectivity index (χ1n) is 7.95. The van der Waals surface area contributed by atoms with Gasteiger partial charge in [-0.05, 0) is 27.0 Å². The molecule has 0 saturated carbocycles. The highest BCUT2D eigenvalue weighted by Crippen LogP contribution is 2.41. The van der Waals surface area contributed by atoms with E-state index in [1.807, 2.05) is 11.9 Å². The molecule has 1 unspecified atom stereocenters. The number of halogens is 4. The van der Waals surface area contributed by atoms with Crippen LogP contribution < -0.4 is 5.32 Å². The first kappa shape index (κ1) is 17.7. The Morgan fingerprint density at radius 2 is 2.00 bits per heavy atom. The van der Waals surface area contributed by atoms with Crippen LogP contribution in [0.15, 0.2) is 22.2 Å². The van der Waals surface area contributed by atoms with E-state index < -0.39 is 23.6 Å². The smallest absolute Gasteiger partial charge is 0.338 e. The molecule has 2 aliphatic rings. The van der Waals surface area contributed by atoms with Crippen molar-refractivity contribution in [3.8, 4) is 0 Å². The fourth-order valence-corrected chi connectivity index (χ4v) is 3.01. The summed E-state index contributed by atoms with van der Waals surface area (Å²) in [6.07, 6.45) is -3.19. The molecular formula is C16H19F4N5. The van der Waals surface area contributed by atoms with Gasteiger partial charge in [0.1, 0.15) is 5.82 Å². The Labute approximate surface area is 143 Å². The van der Waals surface area contributed by atoms with E-state index in [9.17, 15) is 17.6 Å². The Bertz CT molecular complexity index is 722. The van der Waals surface area contributed by atoms with E-state index in [2.05, 4.69) is 15.4 Å². The lowest BCUT2D eigenvalue weighted by atomic mass is 9.99. The molecule has 0 aliphatic carbocycles. The summed E-state index contributed by atoms with van der Waals surface area (Å²) in [6, 6.07) is 1.52. The summed E-state index contributed by atoms with van der Waals surface area (Å²) >= 11 is 0. The number of likely N-dealkylation sites (tertiary alicyclic amines) is 1. The number of benzene rings is 1. The second-order valence-corrected chi connectivity index (χ2v) is 6.09. The zero-order valence-electron chi connectivity index (χ0n) is 14.1. The van der Waals surface area contributed by atoms with Crippen molar-refractivity contribution < 1.29 is 17.6 Å². The van der Waals surface area contributed by atoms with Gasteiger partial charge in [-0.1, -0.05) is 0 Å². The SMILES string of the molecule is C/C=N\N1C(N2CC(NC)C2)=Nc2cc(F)c(C(F)(F)F)cc2C1C. The minimum atomic E-state index is -4.75. The average Bonchev–Trinajstić information content (AvgIpc) is 2.48. The van der Waals surface area contributed by atoms with Gasteiger partial charge in [-0.25, -0.2) is 14.4 Å². The van der Waals surface area contributed by atoms with E-state index in [0.29, 0.717) is 30.7 Å². The molecule has 1 aromatic rings. The molecule has 2 heterocycles. The summed E-state index contributed by atoms with van der Waals surface area (Å²) in [5.74, 6) is -0.797. The van der Waals surface area contributed by atoms with Gasteiger partial charge in [-0.2, -0.15) is 18.3 Å². The van der Waals surface area contributed by atoms with Crippen LogP contribution in [-0.4, -0.2) is 48.3 Å². The molecular weight excluding hydrogens is 338 g/mol. The molecule has 3 rings (SSSR count). The molecule has 5 nitrogen and oxygen atoms in total. The number of aliphatic imine (C=N–C) groups is 1. The quantitative estimate of drug-likeness (QED) is 0.653. The summed E-state index contributed by atoms with van der Waals surface area (Å²) in [5.41, 5.74) is -0.770. The van der Waals surface area contributed by atoms with Crippen LogP contribution in [0.2, 0.25) is 0 Å². The maximum absolute atomic E-state index is 13.9. The van der Waals surface area contributed by atoms with Gasteiger partial charge in [0.05, 0.1) is 17.3 Å². The number of hydrogen-bond acceptors (Lipinski definition) is 5. The molecule has 0 radical (unpaired) electrons. The van der Waals surface area contributed by atoms with E-state index in [-0.39, 0.29) is 5.69 Å². The summed E-state index contributed by atoms with van der Waals surface area (Å²) < 4.78 is 53.0. The molecule has 9 heteroatoms. The minimum absolute atomic E-state index is 0.212. The van der Waals surface area contributed by atoms with Crippen LogP contribution in [0.25, 0.3) is 0 Å². The lowest BCUT2D eigenvalue weighted by Crippen LogP contribution is -2.62. The normalized spacial score (nSPS) is 21.4. The molecule has 1 aromatic carbocycles. The molecule has 1 atom stereocenters. The number of likely N-dealkylation sites (N-methyl/N-ethyl adjacent to an activating group) is 1. The lowest BCUT2D eigenvalue weighted by Gasteiger charge is -2.45.